The zero-order chi connectivity index (χ0) is 30.9. The maximum Gasteiger partial charge on any atom is 0.508 e. The van der Waals surface area contributed by atoms with Crippen LogP contribution in [0.5, 0.6) is 11.5 Å². The largest absolute Gasteiger partial charge is 0.508 e. The molecule has 1 aromatic rings. The van der Waals surface area contributed by atoms with Crippen molar-refractivity contribution < 1.29 is 43.2 Å². The van der Waals surface area contributed by atoms with Crippen molar-refractivity contribution in [3.8, 4) is 11.5 Å². The Morgan fingerprint density at radius 1 is 0.854 bits per heavy atom. The Bertz CT molecular complexity index is 1050. The highest BCUT2D eigenvalue weighted by atomic mass is 16.7. The molecule has 0 radical (unpaired) electrons. The van der Waals surface area contributed by atoms with Gasteiger partial charge in [-0.25, -0.2) is 4.79 Å². The fourth-order valence-electron chi connectivity index (χ4n) is 4.54. The van der Waals surface area contributed by atoms with Crippen molar-refractivity contribution in [1.82, 2.24) is 0 Å². The molecule has 0 heterocycles. The number of benzene rings is 1. The summed E-state index contributed by atoms with van der Waals surface area (Å²) >= 11 is 0. The van der Waals surface area contributed by atoms with Gasteiger partial charge < -0.3 is 29.8 Å². The summed E-state index contributed by atoms with van der Waals surface area (Å²) in [5.41, 5.74) is 6.54. The molecule has 1 aliphatic carbocycles. The topological polar surface area (TPSA) is 151 Å². The van der Waals surface area contributed by atoms with Crippen LogP contribution in [-0.2, 0) is 23.9 Å². The van der Waals surface area contributed by atoms with Gasteiger partial charge in [-0.2, -0.15) is 0 Å². The van der Waals surface area contributed by atoms with E-state index in [1.165, 1.54) is 12.1 Å². The second-order valence-electron chi connectivity index (χ2n) is 11.9. The van der Waals surface area contributed by atoms with Crippen molar-refractivity contribution in [3.63, 3.8) is 0 Å². The van der Waals surface area contributed by atoms with Gasteiger partial charge in [-0.3, -0.25) is 14.4 Å². The fourth-order valence-corrected chi connectivity index (χ4v) is 4.54. The first-order valence-electron chi connectivity index (χ1n) is 14.6. The van der Waals surface area contributed by atoms with Crippen molar-refractivity contribution in [1.29, 1.82) is 0 Å². The lowest BCUT2D eigenvalue weighted by atomic mass is 9.82. The van der Waals surface area contributed by atoms with Crippen LogP contribution in [0.3, 0.4) is 0 Å². The summed E-state index contributed by atoms with van der Waals surface area (Å²) in [6, 6.07) is 3.15. The van der Waals surface area contributed by atoms with Gasteiger partial charge in [-0.15, -0.1) is 0 Å². The fraction of sp³-hybridized carbons (Fsp3) is 0.677. The number of nitrogens with two attached hydrogens (primary N) is 1. The standard InChI is InChI=1S/C31H47NO9/c1-17(2)20(6)29(35)40-24-14-13-22(15-25(24)41-30(36)21(7)18(3)4)26(27(32)28(33)34)19(5)16-38-31(37)39-23-11-9-8-10-12-23/h13-15,17-21,23,26-27H,8-12,16,32H2,1-7H3,(H,33,34)/t19?,20?,21?,26?,27-/m0/s1. The first-order chi connectivity index (χ1) is 19.2. The highest BCUT2D eigenvalue weighted by Crippen LogP contribution is 2.37. The molecule has 41 heavy (non-hydrogen) atoms. The molecule has 0 amide bonds. The molecule has 1 saturated carbocycles. The van der Waals surface area contributed by atoms with E-state index in [1.807, 2.05) is 27.7 Å². The summed E-state index contributed by atoms with van der Waals surface area (Å²) in [6.45, 7) is 12.6. The molecule has 0 aromatic heterocycles. The molecule has 4 unspecified atom stereocenters. The van der Waals surface area contributed by atoms with Crippen LogP contribution in [-0.4, -0.2) is 47.9 Å². The van der Waals surface area contributed by atoms with E-state index in [2.05, 4.69) is 0 Å². The highest BCUT2D eigenvalue weighted by Gasteiger charge is 2.34. The Morgan fingerprint density at radius 3 is 1.90 bits per heavy atom. The van der Waals surface area contributed by atoms with Gasteiger partial charge in [-0.1, -0.05) is 61.0 Å². The third-order valence-corrected chi connectivity index (χ3v) is 8.08. The summed E-state index contributed by atoms with van der Waals surface area (Å²) in [7, 11) is 0. The molecule has 0 bridgehead atoms. The van der Waals surface area contributed by atoms with Gasteiger partial charge in [0.1, 0.15) is 12.1 Å². The minimum atomic E-state index is -1.37. The minimum absolute atomic E-state index is 0.00337. The number of hydrogen-bond acceptors (Lipinski definition) is 9. The van der Waals surface area contributed by atoms with E-state index in [0.29, 0.717) is 5.56 Å². The molecule has 1 aromatic carbocycles. The predicted molar refractivity (Wildman–Crippen MR) is 153 cm³/mol. The maximum absolute atomic E-state index is 12.9. The molecular formula is C31H47NO9. The third kappa shape index (κ3) is 10.0. The Labute approximate surface area is 243 Å². The number of ether oxygens (including phenoxy) is 4. The van der Waals surface area contributed by atoms with Crippen LogP contribution in [0.1, 0.15) is 92.1 Å². The predicted octanol–water partition coefficient (Wildman–Crippen LogP) is 5.70. The molecule has 5 atom stereocenters. The van der Waals surface area contributed by atoms with Gasteiger partial charge in [0.15, 0.2) is 11.5 Å². The Balaban J connectivity index is 2.35. The molecule has 10 heteroatoms. The smallest absolute Gasteiger partial charge is 0.480 e. The van der Waals surface area contributed by atoms with Crippen LogP contribution in [0, 0.1) is 29.6 Å². The summed E-state index contributed by atoms with van der Waals surface area (Å²) in [4.78, 5) is 49.9. The van der Waals surface area contributed by atoms with Gasteiger partial charge >= 0.3 is 24.1 Å². The van der Waals surface area contributed by atoms with Crippen molar-refractivity contribution in [3.05, 3.63) is 23.8 Å². The first kappa shape index (κ1) is 34.1. The van der Waals surface area contributed by atoms with Crippen molar-refractivity contribution in [2.24, 2.45) is 35.3 Å². The first-order valence-corrected chi connectivity index (χ1v) is 14.6. The lowest BCUT2D eigenvalue weighted by Crippen LogP contribution is -2.40. The van der Waals surface area contributed by atoms with Gasteiger partial charge in [0, 0.05) is 5.92 Å². The third-order valence-electron chi connectivity index (χ3n) is 8.08. The molecule has 2 rings (SSSR count). The number of carbonyl (C=O) groups excluding carboxylic acids is 3. The van der Waals surface area contributed by atoms with Crippen LogP contribution in [0.2, 0.25) is 0 Å². The van der Waals surface area contributed by atoms with Crippen molar-refractivity contribution in [2.75, 3.05) is 6.61 Å². The average molecular weight is 578 g/mol. The van der Waals surface area contributed by atoms with Gasteiger partial charge in [0.05, 0.1) is 18.4 Å². The number of rotatable bonds is 13. The van der Waals surface area contributed by atoms with E-state index in [9.17, 15) is 24.3 Å². The number of hydrogen-bond donors (Lipinski definition) is 2. The van der Waals surface area contributed by atoms with E-state index < -0.39 is 53.8 Å². The Kier molecular flexibility index (Phi) is 13.1. The van der Waals surface area contributed by atoms with Crippen molar-refractivity contribution >= 4 is 24.1 Å². The number of carbonyl (C=O) groups is 4. The summed E-state index contributed by atoms with van der Waals surface area (Å²) in [5, 5.41) is 9.78. The molecule has 3 N–H and O–H groups in total. The SMILES string of the molecule is CC(C)C(C)C(=O)Oc1ccc(C(C(C)COC(=O)OC2CCCCC2)[C@H](N)C(=O)O)cc1OC(=O)C(C)C(C)C. The zero-order valence-corrected chi connectivity index (χ0v) is 25.4. The van der Waals surface area contributed by atoms with Crippen LogP contribution in [0.25, 0.3) is 0 Å². The van der Waals surface area contributed by atoms with E-state index in [-0.39, 0.29) is 36.0 Å². The van der Waals surface area contributed by atoms with Gasteiger partial charge in [0.25, 0.3) is 0 Å². The van der Waals surface area contributed by atoms with E-state index in [4.69, 9.17) is 24.7 Å². The second-order valence-corrected chi connectivity index (χ2v) is 11.9. The Hall–Kier alpha value is -3.14. The van der Waals surface area contributed by atoms with Gasteiger partial charge in [0.2, 0.25) is 0 Å². The van der Waals surface area contributed by atoms with E-state index in [0.717, 1.165) is 32.1 Å². The monoisotopic (exact) mass is 577 g/mol. The molecule has 0 saturated heterocycles. The van der Waals surface area contributed by atoms with Crippen LogP contribution in [0.15, 0.2) is 18.2 Å². The van der Waals surface area contributed by atoms with Crippen LogP contribution < -0.4 is 15.2 Å². The summed E-state index contributed by atoms with van der Waals surface area (Å²) in [5.74, 6) is -4.46. The number of carboxylic acid groups (broad SMARTS) is 1. The molecule has 1 aliphatic rings. The van der Waals surface area contributed by atoms with E-state index in [1.54, 1.807) is 26.8 Å². The summed E-state index contributed by atoms with van der Waals surface area (Å²) in [6.07, 6.45) is 3.71. The zero-order valence-electron chi connectivity index (χ0n) is 25.4. The molecular weight excluding hydrogens is 530 g/mol. The molecule has 0 aliphatic heterocycles. The number of esters is 2. The van der Waals surface area contributed by atoms with Crippen LogP contribution in [0.4, 0.5) is 4.79 Å². The normalized spacial score (nSPS) is 17.7. The number of aliphatic carboxylic acids is 1. The summed E-state index contributed by atoms with van der Waals surface area (Å²) < 4.78 is 22.1. The average Bonchev–Trinajstić information content (AvgIpc) is 2.92. The second kappa shape index (κ2) is 15.7. The lowest BCUT2D eigenvalue weighted by Gasteiger charge is -2.28. The van der Waals surface area contributed by atoms with Crippen molar-refractivity contribution in [2.45, 2.75) is 98.6 Å². The molecule has 230 valence electrons. The quantitative estimate of drug-likeness (QED) is 0.221. The minimum Gasteiger partial charge on any atom is -0.480 e. The van der Waals surface area contributed by atoms with E-state index >= 15 is 0 Å². The van der Waals surface area contributed by atoms with Crippen LogP contribution >= 0.6 is 0 Å². The molecule has 0 spiro atoms. The molecule has 10 nitrogen and oxygen atoms in total. The highest BCUT2D eigenvalue weighted by molar-refractivity contribution is 5.79. The Morgan fingerprint density at radius 2 is 1.39 bits per heavy atom. The number of carboxylic acids is 1. The molecule has 1 fully saturated rings. The maximum atomic E-state index is 12.9. The lowest BCUT2D eigenvalue weighted by molar-refractivity contribution is -0.142. The van der Waals surface area contributed by atoms with Gasteiger partial charge in [-0.05, 0) is 61.1 Å².